The highest BCUT2D eigenvalue weighted by Gasteiger charge is 2.27. The van der Waals surface area contributed by atoms with Crippen molar-refractivity contribution in [1.82, 2.24) is 4.98 Å². The number of aromatic amines is 1. The molecule has 5 nitrogen and oxygen atoms in total. The molecule has 154 valence electrons. The number of carbonyl (C=O) groups is 1. The minimum Gasteiger partial charge on any atom is -0.328 e. The third-order valence-corrected chi connectivity index (χ3v) is 5.25. The number of anilines is 1. The Labute approximate surface area is 180 Å². The van der Waals surface area contributed by atoms with Gasteiger partial charge in [-0.3, -0.25) is 9.59 Å². The van der Waals surface area contributed by atoms with E-state index in [1.165, 1.54) is 6.07 Å². The molecule has 1 unspecified atom stereocenters. The molecule has 1 amide bonds. The molecule has 0 radical (unpaired) electrons. The summed E-state index contributed by atoms with van der Waals surface area (Å²) >= 11 is 0. The Kier molecular flexibility index (Phi) is 6.05. The number of hydrogen-bond acceptors (Lipinski definition) is 3. The number of carbonyl (C=O) groups excluding carboxylic acids is 1. The molecule has 0 bridgehead atoms. The maximum Gasteiger partial charge on any atom is 0.247 e. The molecule has 4 aromatic rings. The lowest BCUT2D eigenvalue weighted by Gasteiger charge is -2.24. The molecule has 0 aliphatic heterocycles. The Morgan fingerprint density at radius 3 is 1.81 bits per heavy atom. The summed E-state index contributed by atoms with van der Waals surface area (Å²) in [4.78, 5) is 26.9. The van der Waals surface area contributed by atoms with E-state index in [4.69, 9.17) is 5.73 Å². The van der Waals surface area contributed by atoms with Crippen LogP contribution in [0.15, 0.2) is 108 Å². The van der Waals surface area contributed by atoms with Gasteiger partial charge in [-0.05, 0) is 40.5 Å². The number of aromatic nitrogens is 1. The summed E-state index contributed by atoms with van der Waals surface area (Å²) in [5, 5.41) is 2.93. The van der Waals surface area contributed by atoms with Crippen molar-refractivity contribution in [3.8, 4) is 11.1 Å². The second kappa shape index (κ2) is 9.24. The fraction of sp³-hybridized carbons (Fsp3) is 0.0769. The maximum absolute atomic E-state index is 13.0. The quantitative estimate of drug-likeness (QED) is 0.447. The van der Waals surface area contributed by atoms with Crippen molar-refractivity contribution in [2.45, 2.75) is 12.0 Å². The fourth-order valence-corrected chi connectivity index (χ4v) is 3.64. The number of hydrogen-bond donors (Lipinski definition) is 3. The zero-order chi connectivity index (χ0) is 21.6. The van der Waals surface area contributed by atoms with E-state index in [9.17, 15) is 9.59 Å². The van der Waals surface area contributed by atoms with Crippen LogP contribution in [0.3, 0.4) is 0 Å². The van der Waals surface area contributed by atoms with Gasteiger partial charge in [-0.2, -0.15) is 0 Å². The van der Waals surface area contributed by atoms with Crippen LogP contribution >= 0.6 is 0 Å². The van der Waals surface area contributed by atoms with Gasteiger partial charge in [-0.1, -0.05) is 72.8 Å². The van der Waals surface area contributed by atoms with Crippen LogP contribution in [0.1, 0.15) is 17.0 Å². The van der Waals surface area contributed by atoms with Gasteiger partial charge < -0.3 is 16.0 Å². The van der Waals surface area contributed by atoms with Crippen LogP contribution in [-0.4, -0.2) is 16.9 Å². The number of rotatable bonds is 6. The number of nitrogens with two attached hydrogens (primary N) is 1. The topological polar surface area (TPSA) is 88.0 Å². The van der Waals surface area contributed by atoms with Crippen LogP contribution in [0, 0.1) is 0 Å². The SMILES string of the molecule is NC(C(=O)Nc1ccc(-c2ccc(=O)[nH]c2)cc1)C(c1ccccc1)c1ccccc1. The Morgan fingerprint density at radius 2 is 1.29 bits per heavy atom. The lowest BCUT2D eigenvalue weighted by Crippen LogP contribution is -2.41. The van der Waals surface area contributed by atoms with E-state index in [2.05, 4.69) is 10.3 Å². The average Bonchev–Trinajstić information content (AvgIpc) is 2.82. The van der Waals surface area contributed by atoms with Crippen molar-refractivity contribution < 1.29 is 4.79 Å². The van der Waals surface area contributed by atoms with Crippen molar-refractivity contribution in [1.29, 1.82) is 0 Å². The van der Waals surface area contributed by atoms with Crippen molar-refractivity contribution in [2.75, 3.05) is 5.32 Å². The van der Waals surface area contributed by atoms with Gasteiger partial charge in [-0.25, -0.2) is 0 Å². The number of nitrogens with one attached hydrogen (secondary N) is 2. The van der Waals surface area contributed by atoms with Crippen LogP contribution in [0.25, 0.3) is 11.1 Å². The van der Waals surface area contributed by atoms with Crippen LogP contribution in [0.4, 0.5) is 5.69 Å². The van der Waals surface area contributed by atoms with Crippen molar-refractivity contribution in [3.05, 3.63) is 125 Å². The number of benzene rings is 3. The molecule has 4 N–H and O–H groups in total. The van der Waals surface area contributed by atoms with E-state index in [1.54, 1.807) is 12.3 Å². The highest BCUT2D eigenvalue weighted by Crippen LogP contribution is 2.28. The first kappa shape index (κ1) is 20.3. The first-order chi connectivity index (χ1) is 15.1. The van der Waals surface area contributed by atoms with E-state index < -0.39 is 6.04 Å². The average molecular weight is 409 g/mol. The molecule has 3 aromatic carbocycles. The largest absolute Gasteiger partial charge is 0.328 e. The minimum absolute atomic E-state index is 0.145. The molecule has 1 aromatic heterocycles. The van der Waals surface area contributed by atoms with Gasteiger partial charge in [-0.15, -0.1) is 0 Å². The summed E-state index contributed by atoms with van der Waals surface area (Å²) in [5.74, 6) is -0.516. The van der Waals surface area contributed by atoms with E-state index in [0.717, 1.165) is 22.3 Å². The lowest BCUT2D eigenvalue weighted by atomic mass is 9.85. The molecule has 1 atom stereocenters. The minimum atomic E-state index is -0.760. The van der Waals surface area contributed by atoms with Crippen LogP contribution in [0.2, 0.25) is 0 Å². The van der Waals surface area contributed by atoms with E-state index in [-0.39, 0.29) is 17.4 Å². The van der Waals surface area contributed by atoms with Gasteiger partial charge in [0.2, 0.25) is 11.5 Å². The second-order valence-electron chi connectivity index (χ2n) is 7.33. The van der Waals surface area contributed by atoms with E-state index >= 15 is 0 Å². The van der Waals surface area contributed by atoms with E-state index in [1.807, 2.05) is 84.9 Å². The Bertz CT molecular complexity index is 1140. The number of pyridine rings is 1. The third-order valence-electron chi connectivity index (χ3n) is 5.25. The maximum atomic E-state index is 13.0. The normalized spacial score (nSPS) is 11.8. The van der Waals surface area contributed by atoms with Crippen molar-refractivity contribution >= 4 is 11.6 Å². The van der Waals surface area contributed by atoms with Gasteiger partial charge in [0, 0.05) is 23.9 Å². The molecule has 0 aliphatic rings. The molecule has 5 heteroatoms. The van der Waals surface area contributed by atoms with Gasteiger partial charge in [0.15, 0.2) is 0 Å². The van der Waals surface area contributed by atoms with Crippen LogP contribution < -0.4 is 16.6 Å². The standard InChI is InChI=1S/C26H23N3O2/c27-25(24(19-7-3-1-4-8-19)20-9-5-2-6-10-20)26(31)29-22-14-11-18(12-15-22)21-13-16-23(30)28-17-21/h1-17,24-25H,27H2,(H,28,30)(H,29,31). The van der Waals surface area contributed by atoms with Gasteiger partial charge in [0.05, 0.1) is 6.04 Å². The lowest BCUT2D eigenvalue weighted by molar-refractivity contribution is -0.117. The predicted octanol–water partition coefficient (Wildman–Crippen LogP) is 4.14. The molecule has 4 rings (SSSR count). The zero-order valence-corrected chi connectivity index (χ0v) is 16.9. The predicted molar refractivity (Wildman–Crippen MR) is 124 cm³/mol. The summed E-state index contributed by atoms with van der Waals surface area (Å²) in [5.41, 5.74) is 10.8. The van der Waals surface area contributed by atoms with Gasteiger partial charge >= 0.3 is 0 Å². The first-order valence-corrected chi connectivity index (χ1v) is 10.1. The molecule has 0 aliphatic carbocycles. The molecule has 1 heterocycles. The number of H-pyrrole nitrogens is 1. The van der Waals surface area contributed by atoms with Gasteiger partial charge in [0.1, 0.15) is 0 Å². The summed E-state index contributed by atoms with van der Waals surface area (Å²) in [6.07, 6.45) is 1.66. The summed E-state index contributed by atoms with van der Waals surface area (Å²) < 4.78 is 0. The third kappa shape index (κ3) is 4.79. The van der Waals surface area contributed by atoms with Crippen molar-refractivity contribution in [3.63, 3.8) is 0 Å². The van der Waals surface area contributed by atoms with Gasteiger partial charge in [0.25, 0.3) is 0 Å². The Hall–Kier alpha value is -3.96. The monoisotopic (exact) mass is 409 g/mol. The van der Waals surface area contributed by atoms with E-state index in [0.29, 0.717) is 5.69 Å². The molecular weight excluding hydrogens is 386 g/mol. The van der Waals surface area contributed by atoms with Crippen molar-refractivity contribution in [2.24, 2.45) is 5.73 Å². The summed E-state index contributed by atoms with van der Waals surface area (Å²) in [6.45, 7) is 0. The van der Waals surface area contributed by atoms with Crippen LogP contribution in [-0.2, 0) is 4.79 Å². The number of amides is 1. The first-order valence-electron chi connectivity index (χ1n) is 10.1. The zero-order valence-electron chi connectivity index (χ0n) is 16.9. The smallest absolute Gasteiger partial charge is 0.247 e. The highest BCUT2D eigenvalue weighted by molar-refractivity contribution is 5.96. The Morgan fingerprint density at radius 1 is 0.742 bits per heavy atom. The molecule has 0 spiro atoms. The molecule has 0 saturated carbocycles. The molecular formula is C26H23N3O2. The van der Waals surface area contributed by atoms with Crippen LogP contribution in [0.5, 0.6) is 0 Å². The molecule has 0 saturated heterocycles. The fourth-order valence-electron chi connectivity index (χ4n) is 3.64. The molecule has 0 fully saturated rings. The highest BCUT2D eigenvalue weighted by atomic mass is 16.2. The summed E-state index contributed by atoms with van der Waals surface area (Å²) in [6, 6.07) is 29.6. The Balaban J connectivity index is 1.53. The summed E-state index contributed by atoms with van der Waals surface area (Å²) in [7, 11) is 0. The second-order valence-corrected chi connectivity index (χ2v) is 7.33. The molecule has 31 heavy (non-hydrogen) atoms.